The molecule has 0 spiro atoms. The summed E-state index contributed by atoms with van der Waals surface area (Å²) in [6.07, 6.45) is 3.28. The van der Waals surface area contributed by atoms with Crippen LogP contribution in [0.3, 0.4) is 0 Å². The molecule has 0 atom stereocenters. The van der Waals surface area contributed by atoms with Crippen molar-refractivity contribution in [2.45, 2.75) is 10.1 Å². The lowest BCUT2D eigenvalue weighted by Gasteiger charge is -1.99. The standard InChI is InChI=1S/C10H7FN2S2/c11-8-4-3-7-13-10(8)15-14-9-5-1-2-6-12-9/h1-7H. The Morgan fingerprint density at radius 1 is 0.933 bits per heavy atom. The van der Waals surface area contributed by atoms with E-state index in [1.165, 1.54) is 27.7 Å². The molecule has 0 aromatic carbocycles. The molecule has 2 aromatic heterocycles. The fourth-order valence-corrected chi connectivity index (χ4v) is 2.72. The molecule has 0 N–H and O–H groups in total. The highest BCUT2D eigenvalue weighted by Gasteiger charge is 2.04. The van der Waals surface area contributed by atoms with Gasteiger partial charge in [0.2, 0.25) is 0 Å². The molecule has 2 aromatic rings. The summed E-state index contributed by atoms with van der Waals surface area (Å²) >= 11 is 0. The van der Waals surface area contributed by atoms with Gasteiger partial charge in [0.25, 0.3) is 0 Å². The number of pyridine rings is 2. The van der Waals surface area contributed by atoms with Gasteiger partial charge in [-0.2, -0.15) is 0 Å². The molecule has 0 fully saturated rings. The average molecular weight is 238 g/mol. The summed E-state index contributed by atoms with van der Waals surface area (Å²) in [6.45, 7) is 0. The monoisotopic (exact) mass is 238 g/mol. The van der Waals surface area contributed by atoms with Crippen LogP contribution in [0, 0.1) is 5.82 Å². The van der Waals surface area contributed by atoms with Gasteiger partial charge in [-0.05, 0) is 45.9 Å². The Morgan fingerprint density at radius 3 is 2.53 bits per heavy atom. The highest BCUT2D eigenvalue weighted by atomic mass is 33.1. The fraction of sp³-hybridized carbons (Fsp3) is 0. The van der Waals surface area contributed by atoms with Crippen LogP contribution in [0.5, 0.6) is 0 Å². The molecule has 5 heteroatoms. The van der Waals surface area contributed by atoms with Crippen LogP contribution in [0.15, 0.2) is 52.8 Å². The van der Waals surface area contributed by atoms with Gasteiger partial charge in [0.15, 0.2) is 5.82 Å². The number of rotatable bonds is 3. The molecule has 0 unspecified atom stereocenters. The van der Waals surface area contributed by atoms with Crippen LogP contribution in [0.4, 0.5) is 4.39 Å². The normalized spacial score (nSPS) is 10.2. The topological polar surface area (TPSA) is 25.8 Å². The zero-order valence-corrected chi connectivity index (χ0v) is 9.26. The quantitative estimate of drug-likeness (QED) is 0.765. The first-order valence-electron chi connectivity index (χ1n) is 4.22. The van der Waals surface area contributed by atoms with Gasteiger partial charge in [0.05, 0.1) is 0 Å². The third-order valence-electron chi connectivity index (χ3n) is 1.57. The second-order valence-electron chi connectivity index (χ2n) is 2.63. The van der Waals surface area contributed by atoms with Gasteiger partial charge in [-0.3, -0.25) is 0 Å². The van der Waals surface area contributed by atoms with Gasteiger partial charge in [-0.25, -0.2) is 14.4 Å². The Kier molecular flexibility index (Phi) is 3.58. The van der Waals surface area contributed by atoms with Gasteiger partial charge in [-0.1, -0.05) is 6.07 Å². The average Bonchev–Trinajstić information content (AvgIpc) is 2.29. The van der Waals surface area contributed by atoms with Crippen LogP contribution in [0.2, 0.25) is 0 Å². The lowest BCUT2D eigenvalue weighted by molar-refractivity contribution is 0.588. The van der Waals surface area contributed by atoms with Gasteiger partial charge < -0.3 is 0 Å². The SMILES string of the molecule is Fc1cccnc1SSc1ccccn1. The maximum Gasteiger partial charge on any atom is 0.156 e. The molecule has 0 aliphatic heterocycles. The lowest BCUT2D eigenvalue weighted by atomic mass is 10.5. The van der Waals surface area contributed by atoms with Crippen molar-refractivity contribution in [2.24, 2.45) is 0 Å². The highest BCUT2D eigenvalue weighted by molar-refractivity contribution is 8.76. The van der Waals surface area contributed by atoms with Crippen LogP contribution in [-0.4, -0.2) is 9.97 Å². The first kappa shape index (κ1) is 10.4. The first-order chi connectivity index (χ1) is 7.36. The van der Waals surface area contributed by atoms with E-state index in [1.807, 2.05) is 18.2 Å². The molecule has 0 aliphatic carbocycles. The van der Waals surface area contributed by atoms with Crippen molar-refractivity contribution in [2.75, 3.05) is 0 Å². The second kappa shape index (κ2) is 5.14. The maximum atomic E-state index is 13.2. The van der Waals surface area contributed by atoms with E-state index in [9.17, 15) is 4.39 Å². The van der Waals surface area contributed by atoms with E-state index in [2.05, 4.69) is 9.97 Å². The number of aromatic nitrogens is 2. The maximum absolute atomic E-state index is 13.2. The van der Waals surface area contributed by atoms with E-state index < -0.39 is 0 Å². The minimum absolute atomic E-state index is 0.300. The molecule has 76 valence electrons. The first-order valence-corrected chi connectivity index (χ1v) is 6.37. The van der Waals surface area contributed by atoms with Crippen LogP contribution in [0.25, 0.3) is 0 Å². The van der Waals surface area contributed by atoms with Crippen molar-refractivity contribution in [3.8, 4) is 0 Å². The third-order valence-corrected chi connectivity index (χ3v) is 3.76. The molecule has 0 saturated carbocycles. The molecule has 0 saturated heterocycles. The van der Waals surface area contributed by atoms with Gasteiger partial charge in [0, 0.05) is 12.4 Å². The van der Waals surface area contributed by atoms with Crippen molar-refractivity contribution < 1.29 is 4.39 Å². The van der Waals surface area contributed by atoms with Crippen molar-refractivity contribution in [3.05, 3.63) is 48.5 Å². The summed E-state index contributed by atoms with van der Waals surface area (Å²) < 4.78 is 13.2. The Labute approximate surface area is 94.7 Å². The Bertz CT molecular complexity index is 436. The fourth-order valence-electron chi connectivity index (χ4n) is 0.911. The van der Waals surface area contributed by atoms with Crippen molar-refractivity contribution >= 4 is 21.6 Å². The third kappa shape index (κ3) is 2.94. The number of hydrogen-bond acceptors (Lipinski definition) is 4. The zero-order valence-electron chi connectivity index (χ0n) is 7.63. The zero-order chi connectivity index (χ0) is 10.5. The summed E-state index contributed by atoms with van der Waals surface area (Å²) in [5.41, 5.74) is 0. The number of halogens is 1. The summed E-state index contributed by atoms with van der Waals surface area (Å²) in [5, 5.41) is 1.22. The molecule has 0 radical (unpaired) electrons. The summed E-state index contributed by atoms with van der Waals surface area (Å²) in [5.74, 6) is -0.300. The van der Waals surface area contributed by atoms with Crippen LogP contribution in [0.1, 0.15) is 0 Å². The van der Waals surface area contributed by atoms with E-state index in [4.69, 9.17) is 0 Å². The van der Waals surface area contributed by atoms with Gasteiger partial charge in [0.1, 0.15) is 10.1 Å². The molecule has 2 rings (SSSR count). The summed E-state index contributed by atoms with van der Waals surface area (Å²) in [4.78, 5) is 8.05. The van der Waals surface area contributed by atoms with Crippen molar-refractivity contribution in [3.63, 3.8) is 0 Å². The van der Waals surface area contributed by atoms with E-state index in [1.54, 1.807) is 18.5 Å². The van der Waals surface area contributed by atoms with Crippen LogP contribution in [-0.2, 0) is 0 Å². The van der Waals surface area contributed by atoms with Crippen LogP contribution < -0.4 is 0 Å². The Hall–Kier alpha value is -1.07. The minimum Gasteiger partial charge on any atom is -0.249 e. The summed E-state index contributed by atoms with van der Waals surface area (Å²) in [7, 11) is 2.66. The smallest absolute Gasteiger partial charge is 0.156 e. The van der Waals surface area contributed by atoms with E-state index in [0.29, 0.717) is 5.03 Å². The molecule has 0 aliphatic rings. The van der Waals surface area contributed by atoms with E-state index >= 15 is 0 Å². The predicted octanol–water partition coefficient (Wildman–Crippen LogP) is 3.42. The van der Waals surface area contributed by atoms with Gasteiger partial charge >= 0.3 is 0 Å². The minimum atomic E-state index is -0.300. The van der Waals surface area contributed by atoms with Crippen LogP contribution >= 0.6 is 21.6 Å². The largest absolute Gasteiger partial charge is 0.249 e. The second-order valence-corrected chi connectivity index (χ2v) is 4.76. The van der Waals surface area contributed by atoms with E-state index in [0.717, 1.165) is 5.03 Å². The number of nitrogens with zero attached hydrogens (tertiary/aromatic N) is 2. The molecule has 0 amide bonds. The molecule has 15 heavy (non-hydrogen) atoms. The Balaban J connectivity index is 2.03. The molecule has 2 nitrogen and oxygen atoms in total. The van der Waals surface area contributed by atoms with Crippen molar-refractivity contribution in [1.82, 2.24) is 9.97 Å². The van der Waals surface area contributed by atoms with E-state index in [-0.39, 0.29) is 5.82 Å². The lowest BCUT2D eigenvalue weighted by Crippen LogP contribution is -1.82. The molecular weight excluding hydrogens is 231 g/mol. The molecular formula is C10H7FN2S2. The van der Waals surface area contributed by atoms with Gasteiger partial charge in [-0.15, -0.1) is 0 Å². The van der Waals surface area contributed by atoms with Crippen molar-refractivity contribution in [1.29, 1.82) is 0 Å². The Morgan fingerprint density at radius 2 is 1.80 bits per heavy atom. The molecule has 0 bridgehead atoms. The molecule has 2 heterocycles. The highest BCUT2D eigenvalue weighted by Crippen LogP contribution is 2.35. The predicted molar refractivity (Wildman–Crippen MR) is 60.1 cm³/mol. The number of hydrogen-bond donors (Lipinski definition) is 0. The summed E-state index contributed by atoms with van der Waals surface area (Å²) in [6, 6.07) is 8.58.